The largest absolute Gasteiger partial charge is 0.478 e. The number of ether oxygens (including phenoxy) is 1. The number of aryl methyl sites for hydroxylation is 1. The molecule has 0 bridgehead atoms. The van der Waals surface area contributed by atoms with Crippen LogP contribution in [-0.2, 0) is 0 Å². The molecule has 0 amide bonds. The van der Waals surface area contributed by atoms with Gasteiger partial charge < -0.3 is 14.9 Å². The van der Waals surface area contributed by atoms with Gasteiger partial charge in [-0.3, -0.25) is 4.98 Å². The normalized spacial score (nSPS) is 11.9. The summed E-state index contributed by atoms with van der Waals surface area (Å²) in [5.41, 5.74) is 2.71. The maximum atomic E-state index is 13.9. The number of nitro groups is 1. The Morgan fingerprint density at radius 1 is 1.26 bits per heavy atom. The zero-order valence-electron chi connectivity index (χ0n) is 14.5. The predicted molar refractivity (Wildman–Crippen MR) is 102 cm³/mol. The number of nitrogens with zero attached hydrogens (tertiary/aromatic N) is 3. The van der Waals surface area contributed by atoms with Crippen molar-refractivity contribution in [3.8, 4) is 17.0 Å². The number of hydrogen-bond donors (Lipinski definition) is 0. The van der Waals surface area contributed by atoms with Crippen molar-refractivity contribution in [2.75, 3.05) is 0 Å². The fourth-order valence-corrected chi connectivity index (χ4v) is 3.00. The van der Waals surface area contributed by atoms with Gasteiger partial charge in [0.1, 0.15) is 11.9 Å². The third-order valence-electron chi connectivity index (χ3n) is 3.89. The van der Waals surface area contributed by atoms with Crippen molar-refractivity contribution < 1.29 is 14.1 Å². The minimum absolute atomic E-state index is 0.00529. The average Bonchev–Trinajstić information content (AvgIpc) is 2.61. The van der Waals surface area contributed by atoms with Crippen LogP contribution in [0.15, 0.2) is 53.1 Å². The van der Waals surface area contributed by atoms with Gasteiger partial charge >= 0.3 is 5.82 Å². The van der Waals surface area contributed by atoms with Crippen molar-refractivity contribution in [2.24, 2.45) is 0 Å². The van der Waals surface area contributed by atoms with Gasteiger partial charge in [-0.25, -0.2) is 4.39 Å². The molecule has 3 aromatic rings. The second-order valence-electron chi connectivity index (χ2n) is 5.89. The molecule has 2 aromatic heterocycles. The zero-order valence-corrected chi connectivity index (χ0v) is 16.1. The number of rotatable bonds is 5. The monoisotopic (exact) mass is 431 g/mol. The molecule has 0 aliphatic rings. The van der Waals surface area contributed by atoms with Crippen molar-refractivity contribution >= 4 is 21.7 Å². The number of benzene rings is 1. The second-order valence-corrected chi connectivity index (χ2v) is 6.80. The summed E-state index contributed by atoms with van der Waals surface area (Å²) >= 11 is 3.23. The van der Waals surface area contributed by atoms with E-state index in [0.717, 1.165) is 5.69 Å². The van der Waals surface area contributed by atoms with Crippen LogP contribution in [0.5, 0.6) is 5.75 Å². The van der Waals surface area contributed by atoms with E-state index in [1.165, 1.54) is 24.4 Å². The fourth-order valence-electron chi connectivity index (χ4n) is 2.69. The lowest BCUT2D eigenvalue weighted by atomic mass is 9.99. The summed E-state index contributed by atoms with van der Waals surface area (Å²) in [7, 11) is 0. The molecule has 6 nitrogen and oxygen atoms in total. The summed E-state index contributed by atoms with van der Waals surface area (Å²) in [4.78, 5) is 18.8. The van der Waals surface area contributed by atoms with Gasteiger partial charge in [-0.05, 0) is 70.0 Å². The standard InChI is InChI=1S/C19H15BrFN3O3/c1-11-4-3-5-17(23-11)15-7-6-14(21)9-16(15)12(2)27-18-8-13(20)10-22-19(18)24(25)26/h3-10,12H,1-2H3. The number of halogens is 2. The smallest absolute Gasteiger partial charge is 0.406 e. The van der Waals surface area contributed by atoms with Crippen molar-refractivity contribution in [3.05, 3.63) is 80.3 Å². The van der Waals surface area contributed by atoms with Crippen molar-refractivity contribution in [1.29, 1.82) is 0 Å². The topological polar surface area (TPSA) is 78.2 Å². The lowest BCUT2D eigenvalue weighted by Crippen LogP contribution is -2.08. The first-order valence-electron chi connectivity index (χ1n) is 8.05. The van der Waals surface area contributed by atoms with Gasteiger partial charge in [0.2, 0.25) is 5.75 Å². The van der Waals surface area contributed by atoms with Gasteiger partial charge in [0.05, 0.1) is 10.2 Å². The first-order valence-corrected chi connectivity index (χ1v) is 8.84. The van der Waals surface area contributed by atoms with Crippen LogP contribution in [-0.4, -0.2) is 14.9 Å². The Balaban J connectivity index is 2.03. The Hall–Kier alpha value is -2.87. The van der Waals surface area contributed by atoms with Crippen molar-refractivity contribution in [2.45, 2.75) is 20.0 Å². The SMILES string of the molecule is Cc1cccc(-c2ccc(F)cc2C(C)Oc2cc(Br)cnc2[N+](=O)[O-])n1. The van der Waals surface area contributed by atoms with E-state index >= 15 is 0 Å². The summed E-state index contributed by atoms with van der Waals surface area (Å²) in [5.74, 6) is -0.843. The van der Waals surface area contributed by atoms with Gasteiger partial charge in [0.15, 0.2) is 6.20 Å². The van der Waals surface area contributed by atoms with Crippen LogP contribution >= 0.6 is 15.9 Å². The number of aromatic nitrogens is 2. The molecule has 1 unspecified atom stereocenters. The molecule has 8 heteroatoms. The molecular weight excluding hydrogens is 417 g/mol. The molecule has 1 atom stereocenters. The van der Waals surface area contributed by atoms with Crippen LogP contribution in [0.2, 0.25) is 0 Å². The maximum absolute atomic E-state index is 13.9. The van der Waals surface area contributed by atoms with Gasteiger partial charge in [0.25, 0.3) is 0 Å². The van der Waals surface area contributed by atoms with Crippen molar-refractivity contribution in [1.82, 2.24) is 9.97 Å². The molecule has 2 heterocycles. The zero-order chi connectivity index (χ0) is 19.6. The molecule has 138 valence electrons. The quantitative estimate of drug-likeness (QED) is 0.399. The maximum Gasteiger partial charge on any atom is 0.406 e. The Bertz CT molecular complexity index is 1010. The highest BCUT2D eigenvalue weighted by atomic mass is 79.9. The summed E-state index contributed by atoms with van der Waals surface area (Å²) in [6.07, 6.45) is 0.646. The second kappa shape index (κ2) is 7.79. The minimum Gasteiger partial charge on any atom is -0.478 e. The summed E-state index contributed by atoms with van der Waals surface area (Å²) in [6.45, 7) is 3.56. The molecule has 3 rings (SSSR count). The van der Waals surface area contributed by atoms with Crippen LogP contribution in [0.25, 0.3) is 11.3 Å². The molecule has 0 radical (unpaired) electrons. The predicted octanol–water partition coefficient (Wildman–Crippen LogP) is 5.40. The van der Waals surface area contributed by atoms with Crippen molar-refractivity contribution in [3.63, 3.8) is 0 Å². The molecule has 0 aliphatic carbocycles. The van der Waals surface area contributed by atoms with E-state index in [1.54, 1.807) is 13.0 Å². The van der Waals surface area contributed by atoms with E-state index in [4.69, 9.17) is 4.74 Å². The molecule has 0 fully saturated rings. The highest BCUT2D eigenvalue weighted by molar-refractivity contribution is 9.10. The molecule has 0 saturated carbocycles. The van der Waals surface area contributed by atoms with Crippen LogP contribution in [0.4, 0.5) is 10.2 Å². The van der Waals surface area contributed by atoms with Gasteiger partial charge in [-0.15, -0.1) is 0 Å². The van der Waals surface area contributed by atoms with Crippen LogP contribution in [0, 0.1) is 22.9 Å². The Kier molecular flexibility index (Phi) is 5.46. The first kappa shape index (κ1) is 18.9. The Labute approximate surface area is 163 Å². The van der Waals surface area contributed by atoms with Crippen LogP contribution in [0.3, 0.4) is 0 Å². The molecule has 27 heavy (non-hydrogen) atoms. The summed E-state index contributed by atoms with van der Waals surface area (Å²) in [6, 6.07) is 11.3. The first-order chi connectivity index (χ1) is 12.8. The van der Waals surface area contributed by atoms with E-state index in [9.17, 15) is 14.5 Å². The highest BCUT2D eigenvalue weighted by Gasteiger charge is 2.22. The Morgan fingerprint density at radius 2 is 2.04 bits per heavy atom. The van der Waals surface area contributed by atoms with E-state index in [1.807, 2.05) is 25.1 Å². The van der Waals surface area contributed by atoms with Gasteiger partial charge in [-0.1, -0.05) is 6.07 Å². The number of pyridine rings is 2. The van der Waals surface area contributed by atoms with E-state index in [2.05, 4.69) is 25.9 Å². The third kappa shape index (κ3) is 4.28. The molecular formula is C19H15BrFN3O3. The van der Waals surface area contributed by atoms with Gasteiger partial charge in [-0.2, -0.15) is 0 Å². The molecule has 0 N–H and O–H groups in total. The molecule has 0 spiro atoms. The van der Waals surface area contributed by atoms with Gasteiger partial charge in [0, 0.05) is 22.9 Å². The Morgan fingerprint density at radius 3 is 2.74 bits per heavy atom. The molecule has 0 saturated heterocycles. The third-order valence-corrected chi connectivity index (χ3v) is 4.33. The van der Waals surface area contributed by atoms with E-state index in [0.29, 0.717) is 21.3 Å². The fraction of sp³-hybridized carbons (Fsp3) is 0.158. The number of hydrogen-bond acceptors (Lipinski definition) is 5. The molecule has 0 aliphatic heterocycles. The van der Waals surface area contributed by atoms with Crippen LogP contribution in [0.1, 0.15) is 24.3 Å². The molecule has 1 aromatic carbocycles. The lowest BCUT2D eigenvalue weighted by Gasteiger charge is -2.18. The van der Waals surface area contributed by atoms with E-state index in [-0.39, 0.29) is 5.75 Å². The average molecular weight is 432 g/mol. The summed E-state index contributed by atoms with van der Waals surface area (Å²) < 4.78 is 20.2. The lowest BCUT2D eigenvalue weighted by molar-refractivity contribution is -0.390. The minimum atomic E-state index is -0.673. The van der Waals surface area contributed by atoms with E-state index < -0.39 is 22.7 Å². The summed E-state index contributed by atoms with van der Waals surface area (Å²) in [5, 5.41) is 11.2. The highest BCUT2D eigenvalue weighted by Crippen LogP contribution is 2.35. The van der Waals surface area contributed by atoms with Crippen LogP contribution < -0.4 is 4.74 Å².